The monoisotopic (exact) mass is 488 g/mol. The van der Waals surface area contributed by atoms with E-state index in [4.69, 9.17) is 11.6 Å². The van der Waals surface area contributed by atoms with Crippen molar-refractivity contribution >= 4 is 34.8 Å². The maximum absolute atomic E-state index is 12.7. The zero-order valence-corrected chi connectivity index (χ0v) is 20.5. The molecule has 2 aliphatic heterocycles. The van der Waals surface area contributed by atoms with Gasteiger partial charge in [-0.15, -0.1) is 0 Å². The van der Waals surface area contributed by atoms with Crippen molar-refractivity contribution in [3.05, 3.63) is 88.7 Å². The van der Waals surface area contributed by atoms with Crippen LogP contribution in [-0.4, -0.2) is 47.9 Å². The van der Waals surface area contributed by atoms with Crippen molar-refractivity contribution < 1.29 is 9.59 Å². The number of halogens is 1. The number of carbonyl (C=O) groups excluding carboxylic acids is 2. The largest absolute Gasteiger partial charge is 0.368 e. The fraction of sp³-hybridized carbons (Fsp3) is 0.321. The van der Waals surface area contributed by atoms with E-state index in [0.717, 1.165) is 43.0 Å². The summed E-state index contributed by atoms with van der Waals surface area (Å²) >= 11 is 5.94. The van der Waals surface area contributed by atoms with Crippen molar-refractivity contribution in [2.75, 3.05) is 36.4 Å². The maximum atomic E-state index is 12.7. The number of aromatic nitrogens is 1. The lowest BCUT2D eigenvalue weighted by Gasteiger charge is -2.40. The van der Waals surface area contributed by atoms with Crippen LogP contribution in [0.3, 0.4) is 0 Å². The quantitative estimate of drug-likeness (QED) is 0.540. The van der Waals surface area contributed by atoms with E-state index in [1.807, 2.05) is 36.1 Å². The van der Waals surface area contributed by atoms with Crippen molar-refractivity contribution in [3.63, 3.8) is 0 Å². The molecule has 0 unspecified atom stereocenters. The summed E-state index contributed by atoms with van der Waals surface area (Å²) < 4.78 is 0. The molecule has 0 spiro atoms. The number of likely N-dealkylation sites (tertiary alicyclic amines) is 1. The molecule has 0 aliphatic carbocycles. The van der Waals surface area contributed by atoms with Gasteiger partial charge in [0, 0.05) is 48.6 Å². The highest BCUT2D eigenvalue weighted by atomic mass is 35.5. The Kier molecular flexibility index (Phi) is 6.73. The first-order valence-electron chi connectivity index (χ1n) is 12.1. The number of nitrogens with zero attached hydrogens (tertiary/aromatic N) is 3. The lowest BCUT2D eigenvalue weighted by Crippen LogP contribution is -2.52. The van der Waals surface area contributed by atoms with E-state index in [-0.39, 0.29) is 17.7 Å². The first-order valence-corrected chi connectivity index (χ1v) is 12.5. The Morgan fingerprint density at radius 1 is 0.971 bits per heavy atom. The third-order valence-corrected chi connectivity index (χ3v) is 7.35. The van der Waals surface area contributed by atoms with Gasteiger partial charge >= 0.3 is 0 Å². The van der Waals surface area contributed by atoms with Crippen LogP contribution in [0.5, 0.6) is 0 Å². The van der Waals surface area contributed by atoms with E-state index in [1.165, 1.54) is 5.56 Å². The summed E-state index contributed by atoms with van der Waals surface area (Å²) in [4.78, 5) is 33.9. The molecule has 2 amide bonds. The molecule has 35 heavy (non-hydrogen) atoms. The molecule has 2 aliphatic rings. The number of aryl methyl sites for hydroxylation is 1. The van der Waals surface area contributed by atoms with Gasteiger partial charge in [-0.2, -0.15) is 0 Å². The second kappa shape index (κ2) is 10.1. The summed E-state index contributed by atoms with van der Waals surface area (Å²) in [5.41, 5.74) is 4.84. The Balaban J connectivity index is 1.10. The van der Waals surface area contributed by atoms with Crippen molar-refractivity contribution in [3.8, 4) is 0 Å². The standard InChI is InChI=1S/C28H29ClN4O2/c1-19-26(3-2-14-30-19)33-17-23(18-33)27(34)31-25-10-6-20(7-11-25)21-12-15-32(16-13-21)28(35)22-4-8-24(29)9-5-22/h2-11,14,21,23H,12-13,15-18H2,1H3,(H,31,34). The number of piperidine rings is 1. The van der Waals surface area contributed by atoms with Crippen molar-refractivity contribution in [1.82, 2.24) is 9.88 Å². The summed E-state index contributed by atoms with van der Waals surface area (Å²) in [5.74, 6) is 0.518. The summed E-state index contributed by atoms with van der Waals surface area (Å²) in [6, 6.07) is 19.2. The Morgan fingerprint density at radius 2 is 1.66 bits per heavy atom. The smallest absolute Gasteiger partial charge is 0.253 e. The topological polar surface area (TPSA) is 65.5 Å². The van der Waals surface area contributed by atoms with Crippen LogP contribution in [-0.2, 0) is 4.79 Å². The van der Waals surface area contributed by atoms with Gasteiger partial charge in [0.25, 0.3) is 5.91 Å². The minimum atomic E-state index is -0.0169. The Bertz CT molecular complexity index is 1200. The van der Waals surface area contributed by atoms with Gasteiger partial charge in [-0.25, -0.2) is 0 Å². The molecular weight excluding hydrogens is 460 g/mol. The van der Waals surface area contributed by atoms with Gasteiger partial charge in [-0.3, -0.25) is 14.6 Å². The number of rotatable bonds is 5. The highest BCUT2D eigenvalue weighted by Gasteiger charge is 2.33. The second-order valence-corrected chi connectivity index (χ2v) is 9.83. The minimum absolute atomic E-state index is 0.0169. The maximum Gasteiger partial charge on any atom is 0.253 e. The van der Waals surface area contributed by atoms with Crippen LogP contribution >= 0.6 is 11.6 Å². The van der Waals surface area contributed by atoms with Crippen molar-refractivity contribution in [2.45, 2.75) is 25.7 Å². The number of nitrogens with one attached hydrogen (secondary N) is 1. The van der Waals surface area contributed by atoms with E-state index < -0.39 is 0 Å². The molecule has 0 bridgehead atoms. The predicted octanol–water partition coefficient (Wildman–Crippen LogP) is 5.14. The molecule has 0 atom stereocenters. The molecule has 1 aromatic heterocycles. The molecule has 3 heterocycles. The van der Waals surface area contributed by atoms with Crippen LogP contribution in [0.2, 0.25) is 5.02 Å². The molecule has 1 N–H and O–H groups in total. The van der Waals surface area contributed by atoms with E-state index >= 15 is 0 Å². The van der Waals surface area contributed by atoms with Crippen LogP contribution in [0.4, 0.5) is 11.4 Å². The third-order valence-electron chi connectivity index (χ3n) is 7.10. The van der Waals surface area contributed by atoms with E-state index in [2.05, 4.69) is 27.3 Å². The summed E-state index contributed by atoms with van der Waals surface area (Å²) in [5, 5.41) is 3.69. The second-order valence-electron chi connectivity index (χ2n) is 9.39. The van der Waals surface area contributed by atoms with Crippen molar-refractivity contribution in [1.29, 1.82) is 0 Å². The Hall–Kier alpha value is -3.38. The summed E-state index contributed by atoms with van der Waals surface area (Å²) in [6.07, 6.45) is 3.64. The summed E-state index contributed by atoms with van der Waals surface area (Å²) in [7, 11) is 0. The van der Waals surface area contributed by atoms with Gasteiger partial charge in [0.1, 0.15) is 0 Å². The molecule has 5 rings (SSSR count). The van der Waals surface area contributed by atoms with E-state index in [9.17, 15) is 9.59 Å². The first-order chi connectivity index (χ1) is 17.0. The van der Waals surface area contributed by atoms with Gasteiger partial charge in [-0.1, -0.05) is 23.7 Å². The van der Waals surface area contributed by atoms with E-state index in [1.54, 1.807) is 30.5 Å². The number of benzene rings is 2. The number of hydrogen-bond donors (Lipinski definition) is 1. The third kappa shape index (κ3) is 5.17. The number of amides is 2. The highest BCUT2D eigenvalue weighted by molar-refractivity contribution is 6.30. The number of pyridine rings is 1. The molecule has 180 valence electrons. The molecule has 7 heteroatoms. The average Bonchev–Trinajstić information content (AvgIpc) is 2.85. The van der Waals surface area contributed by atoms with Gasteiger partial charge < -0.3 is 15.1 Å². The van der Waals surface area contributed by atoms with Crippen LogP contribution in [0.15, 0.2) is 66.9 Å². The minimum Gasteiger partial charge on any atom is -0.368 e. The normalized spacial score (nSPS) is 16.6. The molecule has 3 aromatic rings. The number of anilines is 2. The van der Waals surface area contributed by atoms with Gasteiger partial charge in [0.05, 0.1) is 17.3 Å². The fourth-order valence-corrected chi connectivity index (χ4v) is 5.05. The van der Waals surface area contributed by atoms with Gasteiger partial charge in [-0.05, 0) is 79.8 Å². The van der Waals surface area contributed by atoms with Crippen LogP contribution in [0, 0.1) is 12.8 Å². The summed E-state index contributed by atoms with van der Waals surface area (Å²) in [6.45, 7) is 4.89. The van der Waals surface area contributed by atoms with Crippen LogP contribution < -0.4 is 10.2 Å². The SMILES string of the molecule is Cc1ncccc1N1CC(C(=O)Nc2ccc(C3CCN(C(=O)c4ccc(Cl)cc4)CC3)cc2)C1. The molecule has 0 radical (unpaired) electrons. The zero-order valence-electron chi connectivity index (χ0n) is 19.8. The Labute approximate surface area is 210 Å². The zero-order chi connectivity index (χ0) is 24.4. The first kappa shape index (κ1) is 23.4. The predicted molar refractivity (Wildman–Crippen MR) is 139 cm³/mol. The molecule has 2 saturated heterocycles. The van der Waals surface area contributed by atoms with Gasteiger partial charge in [0.2, 0.25) is 5.91 Å². The number of hydrogen-bond acceptors (Lipinski definition) is 4. The highest BCUT2D eigenvalue weighted by Crippen LogP contribution is 2.31. The average molecular weight is 489 g/mol. The van der Waals surface area contributed by atoms with Crippen LogP contribution in [0.25, 0.3) is 0 Å². The van der Waals surface area contributed by atoms with E-state index in [0.29, 0.717) is 29.6 Å². The molecule has 0 saturated carbocycles. The molecule has 2 aromatic carbocycles. The Morgan fingerprint density at radius 3 is 2.31 bits per heavy atom. The molecular formula is C28H29ClN4O2. The van der Waals surface area contributed by atoms with Gasteiger partial charge in [0.15, 0.2) is 0 Å². The lowest BCUT2D eigenvalue weighted by atomic mass is 9.89. The molecule has 2 fully saturated rings. The molecule has 6 nitrogen and oxygen atoms in total. The van der Waals surface area contributed by atoms with Crippen molar-refractivity contribution in [2.24, 2.45) is 5.92 Å². The fourth-order valence-electron chi connectivity index (χ4n) is 4.92. The lowest BCUT2D eigenvalue weighted by molar-refractivity contribution is -0.120. The number of carbonyl (C=O) groups is 2. The van der Waals surface area contributed by atoms with Crippen LogP contribution in [0.1, 0.15) is 40.4 Å².